The average molecular weight is 516 g/mol. The third-order valence-electron chi connectivity index (χ3n) is 6.82. The van der Waals surface area contributed by atoms with Crippen molar-refractivity contribution in [3.05, 3.63) is 35.8 Å². The molecule has 12 heteroatoms. The van der Waals surface area contributed by atoms with Gasteiger partial charge in [-0.25, -0.2) is 15.0 Å². The van der Waals surface area contributed by atoms with Crippen LogP contribution in [0, 0.1) is 23.2 Å². The number of halogens is 3. The number of nitriles is 1. The number of nitrogens with one attached hydrogen (secondary N) is 2. The normalized spacial score (nSPS) is 16.6. The molecule has 3 N–H and O–H groups in total. The van der Waals surface area contributed by atoms with Gasteiger partial charge in [0.1, 0.15) is 17.8 Å². The summed E-state index contributed by atoms with van der Waals surface area (Å²) in [7, 11) is 0. The van der Waals surface area contributed by atoms with Gasteiger partial charge in [-0.2, -0.15) is 18.4 Å². The number of anilines is 1. The molecule has 1 fully saturated rings. The number of amides is 1. The topological polar surface area (TPSA) is 131 Å². The highest BCUT2D eigenvalue weighted by atomic mass is 19.4. The van der Waals surface area contributed by atoms with Crippen molar-refractivity contribution in [1.29, 1.82) is 5.26 Å². The van der Waals surface area contributed by atoms with Gasteiger partial charge in [0.15, 0.2) is 0 Å². The number of aromatic nitrogens is 4. The second kappa shape index (κ2) is 10.3. The van der Waals surface area contributed by atoms with E-state index in [1.807, 2.05) is 13.0 Å². The maximum absolute atomic E-state index is 13.3. The monoisotopic (exact) mass is 515 g/mol. The fourth-order valence-electron chi connectivity index (χ4n) is 4.51. The molecule has 0 spiro atoms. The maximum Gasteiger partial charge on any atom is 0.417 e. The van der Waals surface area contributed by atoms with Crippen molar-refractivity contribution in [2.24, 2.45) is 11.8 Å². The van der Waals surface area contributed by atoms with Crippen LogP contribution in [0.3, 0.4) is 0 Å². The van der Waals surface area contributed by atoms with E-state index in [-0.39, 0.29) is 52.0 Å². The van der Waals surface area contributed by atoms with E-state index in [9.17, 15) is 28.3 Å². The number of hydrogen-bond donors (Lipinski definition) is 3. The summed E-state index contributed by atoms with van der Waals surface area (Å²) in [5.74, 6) is 0.0386. The highest BCUT2D eigenvalue weighted by molar-refractivity contribution is 5.94. The molecule has 1 amide bonds. The number of H-pyrrole nitrogens is 1. The van der Waals surface area contributed by atoms with Gasteiger partial charge in [0.05, 0.1) is 23.0 Å². The molecule has 0 unspecified atom stereocenters. The lowest BCUT2D eigenvalue weighted by molar-refractivity contribution is -0.143. The van der Waals surface area contributed by atoms with Crippen molar-refractivity contribution in [1.82, 2.24) is 24.8 Å². The fraction of sp³-hybridized carbons (Fsp3) is 0.480. The van der Waals surface area contributed by atoms with Gasteiger partial charge in [0.2, 0.25) is 5.95 Å². The van der Waals surface area contributed by atoms with Gasteiger partial charge in [0.25, 0.3) is 5.91 Å². The van der Waals surface area contributed by atoms with E-state index >= 15 is 0 Å². The summed E-state index contributed by atoms with van der Waals surface area (Å²) in [5.41, 5.74) is -0.0168. The first-order chi connectivity index (χ1) is 17.5. The number of piperidine rings is 1. The molecular formula is C25H28F3N7O2. The minimum absolute atomic E-state index is 0.0745. The largest absolute Gasteiger partial charge is 0.417 e. The Kier molecular flexibility index (Phi) is 7.36. The number of hydrogen-bond acceptors (Lipinski definition) is 7. The Balaban J connectivity index is 1.52. The van der Waals surface area contributed by atoms with Crippen LogP contribution in [0.1, 0.15) is 44.7 Å². The maximum atomic E-state index is 13.3. The first-order valence-electron chi connectivity index (χ1n) is 12.0. The molecule has 9 nitrogen and oxygen atoms in total. The van der Waals surface area contributed by atoms with E-state index in [0.717, 1.165) is 25.1 Å². The predicted octanol–water partition coefficient (Wildman–Crippen LogP) is 3.97. The van der Waals surface area contributed by atoms with Crippen molar-refractivity contribution in [2.75, 3.05) is 18.4 Å². The van der Waals surface area contributed by atoms with Crippen molar-refractivity contribution in [3.8, 4) is 17.3 Å². The van der Waals surface area contributed by atoms with E-state index in [0.29, 0.717) is 18.7 Å². The van der Waals surface area contributed by atoms with Crippen LogP contribution in [0.4, 0.5) is 19.1 Å². The predicted molar refractivity (Wildman–Crippen MR) is 130 cm³/mol. The van der Waals surface area contributed by atoms with E-state index < -0.39 is 17.8 Å². The molecule has 1 aliphatic rings. The van der Waals surface area contributed by atoms with Crippen molar-refractivity contribution in [2.45, 2.75) is 51.9 Å². The number of aliphatic hydroxyl groups excluding tert-OH is 1. The lowest BCUT2D eigenvalue weighted by atomic mass is 9.90. The van der Waals surface area contributed by atoms with Crippen LogP contribution in [0.15, 0.2) is 24.7 Å². The minimum atomic E-state index is -4.56. The molecule has 2 atom stereocenters. The molecule has 0 radical (unpaired) electrons. The SMILES string of the molecule is CC(C)[C@@H](O)C(=O)N1CCC([C@@H](C)Nc2ncc(C#N)c(-c3c[nH]c4ncc(C(F)(F)F)cc34)n2)CC1. The zero-order valence-electron chi connectivity index (χ0n) is 20.7. The van der Waals surface area contributed by atoms with Crippen LogP contribution in [0.5, 0.6) is 0 Å². The first-order valence-corrected chi connectivity index (χ1v) is 12.0. The molecule has 4 rings (SSSR count). The number of nitrogens with zero attached hydrogens (tertiary/aromatic N) is 5. The molecule has 4 heterocycles. The number of alkyl halides is 3. The van der Waals surface area contributed by atoms with Gasteiger partial charge >= 0.3 is 6.18 Å². The number of carbonyl (C=O) groups excluding carboxylic acids is 1. The van der Waals surface area contributed by atoms with E-state index in [2.05, 4.69) is 25.3 Å². The van der Waals surface area contributed by atoms with Crippen LogP contribution in [0.2, 0.25) is 0 Å². The van der Waals surface area contributed by atoms with E-state index in [4.69, 9.17) is 0 Å². The lowest BCUT2D eigenvalue weighted by Crippen LogP contribution is -2.47. The smallest absolute Gasteiger partial charge is 0.383 e. The number of aliphatic hydroxyl groups is 1. The second-order valence-electron chi connectivity index (χ2n) is 9.67. The van der Waals surface area contributed by atoms with Gasteiger partial charge in [-0.15, -0.1) is 0 Å². The highest BCUT2D eigenvalue weighted by Gasteiger charge is 2.32. The van der Waals surface area contributed by atoms with Gasteiger partial charge < -0.3 is 20.3 Å². The lowest BCUT2D eigenvalue weighted by Gasteiger charge is -2.36. The third-order valence-corrected chi connectivity index (χ3v) is 6.82. The van der Waals surface area contributed by atoms with Gasteiger partial charge in [0, 0.05) is 42.5 Å². The number of likely N-dealkylation sites (tertiary alicyclic amines) is 1. The van der Waals surface area contributed by atoms with Gasteiger partial charge in [-0.05, 0) is 37.7 Å². The Morgan fingerprint density at radius 3 is 2.57 bits per heavy atom. The van der Waals surface area contributed by atoms with Crippen LogP contribution in [-0.2, 0) is 11.0 Å². The quantitative estimate of drug-likeness (QED) is 0.453. The Morgan fingerprint density at radius 2 is 1.95 bits per heavy atom. The van der Waals surface area contributed by atoms with E-state index in [1.165, 1.54) is 12.4 Å². The van der Waals surface area contributed by atoms with E-state index in [1.54, 1.807) is 18.7 Å². The summed E-state index contributed by atoms with van der Waals surface area (Å²) in [6, 6.07) is 2.91. The molecular weight excluding hydrogens is 487 g/mol. The molecule has 0 saturated carbocycles. The Bertz CT molecular complexity index is 1320. The zero-order valence-corrected chi connectivity index (χ0v) is 20.7. The van der Waals surface area contributed by atoms with Crippen molar-refractivity contribution < 1.29 is 23.1 Å². The van der Waals surface area contributed by atoms with Crippen LogP contribution in [-0.4, -0.2) is 61.1 Å². The first kappa shape index (κ1) is 26.3. The average Bonchev–Trinajstić information content (AvgIpc) is 3.30. The van der Waals surface area contributed by atoms with Crippen molar-refractivity contribution in [3.63, 3.8) is 0 Å². The Labute approximate surface area is 211 Å². The number of pyridine rings is 1. The molecule has 37 heavy (non-hydrogen) atoms. The molecule has 0 aromatic carbocycles. The summed E-state index contributed by atoms with van der Waals surface area (Å²) < 4.78 is 39.8. The number of rotatable bonds is 6. The summed E-state index contributed by atoms with van der Waals surface area (Å²) >= 11 is 0. The molecule has 1 saturated heterocycles. The summed E-state index contributed by atoms with van der Waals surface area (Å²) in [6.45, 7) is 6.63. The number of carbonyl (C=O) groups is 1. The number of fused-ring (bicyclic) bond motifs is 1. The Morgan fingerprint density at radius 1 is 1.24 bits per heavy atom. The summed E-state index contributed by atoms with van der Waals surface area (Å²) in [5, 5.41) is 23.1. The molecule has 0 aliphatic carbocycles. The molecule has 0 bridgehead atoms. The second-order valence-corrected chi connectivity index (χ2v) is 9.67. The molecule has 1 aliphatic heterocycles. The Hall–Kier alpha value is -3.72. The standard InChI is InChI=1S/C25H28F3N7O2/c1-13(2)21(36)23(37)35-6-4-15(5-7-35)14(3)33-24-32-10-16(9-29)20(34-24)19-12-31-22-18(19)8-17(11-30-22)25(26,27)28/h8,10-15,21,36H,4-7H2,1-3H3,(H,30,31)(H,32,33,34)/t14-,21-/m1/s1. The molecule has 196 valence electrons. The number of aromatic amines is 1. The minimum Gasteiger partial charge on any atom is -0.383 e. The van der Waals surface area contributed by atoms with Crippen molar-refractivity contribution >= 4 is 22.9 Å². The fourth-order valence-corrected chi connectivity index (χ4v) is 4.51. The van der Waals surface area contributed by atoms with Crippen LogP contribution >= 0.6 is 0 Å². The molecule has 3 aromatic rings. The third kappa shape index (κ3) is 5.51. The molecule has 3 aromatic heterocycles. The zero-order chi connectivity index (χ0) is 26.9. The van der Waals surface area contributed by atoms with Gasteiger partial charge in [-0.3, -0.25) is 4.79 Å². The highest BCUT2D eigenvalue weighted by Crippen LogP contribution is 2.35. The summed E-state index contributed by atoms with van der Waals surface area (Å²) in [4.78, 5) is 29.5. The van der Waals surface area contributed by atoms with Crippen LogP contribution in [0.25, 0.3) is 22.3 Å². The summed E-state index contributed by atoms with van der Waals surface area (Å²) in [6.07, 6.45) is -0.549. The van der Waals surface area contributed by atoms with Gasteiger partial charge in [-0.1, -0.05) is 13.8 Å². The van der Waals surface area contributed by atoms with Crippen LogP contribution < -0.4 is 5.32 Å².